The highest BCUT2D eigenvalue weighted by molar-refractivity contribution is 5.87. The summed E-state index contributed by atoms with van der Waals surface area (Å²) in [7, 11) is 3.13. The summed E-state index contributed by atoms with van der Waals surface area (Å²) in [6, 6.07) is 7.17. The van der Waals surface area contributed by atoms with E-state index in [-0.39, 0.29) is 24.4 Å². The van der Waals surface area contributed by atoms with E-state index in [1.807, 2.05) is 26.0 Å². The van der Waals surface area contributed by atoms with Crippen LogP contribution in [-0.4, -0.2) is 32.5 Å². The molecule has 0 bridgehead atoms. The van der Waals surface area contributed by atoms with E-state index in [4.69, 9.17) is 14.2 Å². The van der Waals surface area contributed by atoms with Gasteiger partial charge in [-0.05, 0) is 17.7 Å². The van der Waals surface area contributed by atoms with Gasteiger partial charge < -0.3 is 14.2 Å². The van der Waals surface area contributed by atoms with E-state index in [0.717, 1.165) is 5.56 Å². The van der Waals surface area contributed by atoms with E-state index in [9.17, 15) is 9.59 Å². The first-order valence-electron chi connectivity index (χ1n) is 7.99. The molecular weight excluding hydrogens is 310 g/mol. The number of hydrogen-bond acceptors (Lipinski definition) is 5. The normalized spacial score (nSPS) is 12.2. The van der Waals surface area contributed by atoms with Crippen molar-refractivity contribution in [1.29, 1.82) is 0 Å². The van der Waals surface area contributed by atoms with Gasteiger partial charge >= 0.3 is 12.1 Å². The van der Waals surface area contributed by atoms with Crippen LogP contribution in [0.25, 0.3) is 0 Å². The lowest BCUT2D eigenvalue weighted by atomic mass is 10.2. The summed E-state index contributed by atoms with van der Waals surface area (Å²) in [5, 5.41) is 0. The Hall–Kier alpha value is -2.08. The van der Waals surface area contributed by atoms with Gasteiger partial charge in [-0.15, -0.1) is 0 Å². The third kappa shape index (κ3) is 5.85. The minimum absolute atomic E-state index is 0.0605. The van der Waals surface area contributed by atoms with Crippen molar-refractivity contribution in [2.24, 2.45) is 11.8 Å². The van der Waals surface area contributed by atoms with Gasteiger partial charge in [0.15, 0.2) is 0 Å². The Morgan fingerprint density at radius 2 is 1.67 bits per heavy atom. The lowest BCUT2D eigenvalue weighted by Crippen LogP contribution is -2.34. The van der Waals surface area contributed by atoms with Crippen LogP contribution in [0.3, 0.4) is 0 Å². The second kappa shape index (κ2) is 9.27. The minimum Gasteiger partial charge on any atom is -0.461 e. The van der Waals surface area contributed by atoms with Crippen LogP contribution >= 0.6 is 0 Å². The van der Waals surface area contributed by atoms with Crippen LogP contribution in [0.1, 0.15) is 33.3 Å². The summed E-state index contributed by atoms with van der Waals surface area (Å²) in [6.45, 7) is 7.61. The second-order valence-corrected chi connectivity index (χ2v) is 6.22. The zero-order chi connectivity index (χ0) is 18.3. The van der Waals surface area contributed by atoms with Crippen molar-refractivity contribution in [3.05, 3.63) is 29.8 Å². The van der Waals surface area contributed by atoms with E-state index >= 15 is 0 Å². The fraction of sp³-hybridized carbons (Fsp3) is 0.556. The zero-order valence-corrected chi connectivity index (χ0v) is 15.2. The van der Waals surface area contributed by atoms with Crippen LogP contribution in [0.15, 0.2) is 24.3 Å². The first-order chi connectivity index (χ1) is 11.3. The summed E-state index contributed by atoms with van der Waals surface area (Å²) in [6.07, 6.45) is -1.08. The van der Waals surface area contributed by atoms with Crippen LogP contribution in [0.2, 0.25) is 0 Å². The molecule has 0 aliphatic heterocycles. The molecule has 134 valence electrons. The maximum absolute atomic E-state index is 12.1. The van der Waals surface area contributed by atoms with Crippen LogP contribution in [-0.2, 0) is 25.6 Å². The molecule has 24 heavy (non-hydrogen) atoms. The maximum Gasteiger partial charge on any atom is 0.416 e. The zero-order valence-electron chi connectivity index (χ0n) is 15.2. The topological polar surface area (TPSA) is 65.1 Å². The Bertz CT molecular complexity index is 539. The van der Waals surface area contributed by atoms with Crippen molar-refractivity contribution in [1.82, 2.24) is 0 Å². The number of methoxy groups -OCH3 is 1. The molecule has 0 aromatic heterocycles. The van der Waals surface area contributed by atoms with Gasteiger partial charge in [0.25, 0.3) is 0 Å². The van der Waals surface area contributed by atoms with Gasteiger partial charge in [0, 0.05) is 25.8 Å². The molecule has 6 heteroatoms. The second-order valence-electron chi connectivity index (χ2n) is 6.22. The van der Waals surface area contributed by atoms with Crippen molar-refractivity contribution in [2.45, 2.75) is 40.6 Å². The van der Waals surface area contributed by atoms with Crippen molar-refractivity contribution in [3.63, 3.8) is 0 Å². The molecule has 1 rings (SSSR count). The Morgan fingerprint density at radius 1 is 1.08 bits per heavy atom. The highest BCUT2D eigenvalue weighted by Gasteiger charge is 2.21. The summed E-state index contributed by atoms with van der Waals surface area (Å²) in [5.41, 5.74) is 1.53. The van der Waals surface area contributed by atoms with E-state index in [0.29, 0.717) is 5.69 Å². The van der Waals surface area contributed by atoms with Crippen LogP contribution in [0.4, 0.5) is 10.5 Å². The molecule has 1 atom stereocenters. The Labute approximate surface area is 143 Å². The molecule has 0 fully saturated rings. The highest BCUT2D eigenvalue weighted by Crippen LogP contribution is 2.17. The van der Waals surface area contributed by atoms with Gasteiger partial charge in [-0.25, -0.2) is 4.79 Å². The van der Waals surface area contributed by atoms with Gasteiger partial charge in [0.05, 0.1) is 5.92 Å². The summed E-state index contributed by atoms with van der Waals surface area (Å²) >= 11 is 0. The molecule has 6 nitrogen and oxygen atoms in total. The molecule has 1 aromatic rings. The lowest BCUT2D eigenvalue weighted by Gasteiger charge is -2.23. The lowest BCUT2D eigenvalue weighted by molar-refractivity contribution is -0.148. The monoisotopic (exact) mass is 337 g/mol. The molecule has 0 heterocycles. The molecular formula is C18H27NO5. The number of carbonyl (C=O) groups excluding carboxylic acids is 2. The molecule has 1 amide bonds. The number of nitrogens with zero attached hydrogens (tertiary/aromatic N) is 1. The molecule has 1 aromatic carbocycles. The number of carbonyl (C=O) groups is 2. The fourth-order valence-corrected chi connectivity index (χ4v) is 1.88. The predicted molar refractivity (Wildman–Crippen MR) is 91.6 cm³/mol. The van der Waals surface area contributed by atoms with E-state index < -0.39 is 12.4 Å². The molecule has 0 aliphatic carbocycles. The van der Waals surface area contributed by atoms with Crippen LogP contribution < -0.4 is 4.90 Å². The third-order valence-corrected chi connectivity index (χ3v) is 3.44. The van der Waals surface area contributed by atoms with E-state index in [1.54, 1.807) is 33.0 Å². The smallest absolute Gasteiger partial charge is 0.416 e. The molecule has 0 N–H and O–H groups in total. The van der Waals surface area contributed by atoms with Crippen molar-refractivity contribution in [2.75, 3.05) is 19.1 Å². The molecule has 0 saturated carbocycles. The average Bonchev–Trinajstić information content (AvgIpc) is 2.56. The number of ether oxygens (including phenoxy) is 3. The SMILES string of the molecule is COC(OC(=O)N(C)c1ccc(COC(=O)C(C)C)cc1)C(C)C. The number of amides is 1. The van der Waals surface area contributed by atoms with Gasteiger partial charge in [-0.1, -0.05) is 39.8 Å². The largest absolute Gasteiger partial charge is 0.461 e. The summed E-state index contributed by atoms with van der Waals surface area (Å²) in [4.78, 5) is 25.0. The number of anilines is 1. The third-order valence-electron chi connectivity index (χ3n) is 3.44. The van der Waals surface area contributed by atoms with Gasteiger partial charge in [-0.2, -0.15) is 0 Å². The predicted octanol–water partition coefficient (Wildman–Crippen LogP) is 3.59. The summed E-state index contributed by atoms with van der Waals surface area (Å²) < 4.78 is 15.6. The number of esters is 1. The Kier molecular flexibility index (Phi) is 7.71. The number of hydrogen-bond donors (Lipinski definition) is 0. The van der Waals surface area contributed by atoms with Crippen LogP contribution in [0.5, 0.6) is 0 Å². The fourth-order valence-electron chi connectivity index (χ4n) is 1.88. The molecule has 0 spiro atoms. The van der Waals surface area contributed by atoms with Crippen molar-refractivity contribution < 1.29 is 23.8 Å². The molecule has 1 unspecified atom stereocenters. The standard InChI is InChI=1S/C18H27NO5/c1-12(2)16(20)23-11-14-7-9-15(10-8-14)19(5)18(21)24-17(22-6)13(3)4/h7-10,12-13,17H,11H2,1-6H3. The van der Waals surface area contributed by atoms with Gasteiger partial charge in [-0.3, -0.25) is 9.69 Å². The molecule has 0 saturated heterocycles. The van der Waals surface area contributed by atoms with Crippen LogP contribution in [0, 0.1) is 11.8 Å². The maximum atomic E-state index is 12.1. The van der Waals surface area contributed by atoms with Crippen molar-refractivity contribution >= 4 is 17.7 Å². The van der Waals surface area contributed by atoms with Gasteiger partial charge in [0.1, 0.15) is 6.61 Å². The Balaban J connectivity index is 2.64. The van der Waals surface area contributed by atoms with Crippen molar-refractivity contribution in [3.8, 4) is 0 Å². The first-order valence-corrected chi connectivity index (χ1v) is 7.99. The summed E-state index contributed by atoms with van der Waals surface area (Å²) in [5.74, 6) is -0.329. The quantitative estimate of drug-likeness (QED) is 0.562. The highest BCUT2D eigenvalue weighted by atomic mass is 16.7. The first kappa shape index (κ1) is 20.0. The number of rotatable bonds is 7. The Morgan fingerprint density at radius 3 is 2.12 bits per heavy atom. The van der Waals surface area contributed by atoms with E-state index in [2.05, 4.69) is 0 Å². The molecule has 0 radical (unpaired) electrons. The molecule has 0 aliphatic rings. The number of benzene rings is 1. The van der Waals surface area contributed by atoms with Gasteiger partial charge in [0.2, 0.25) is 6.29 Å². The van der Waals surface area contributed by atoms with E-state index in [1.165, 1.54) is 12.0 Å². The average molecular weight is 337 g/mol. The minimum atomic E-state index is -0.588.